The van der Waals surface area contributed by atoms with Gasteiger partial charge in [-0.05, 0) is 0 Å². The molecule has 0 aliphatic heterocycles. The molecule has 0 saturated carbocycles. The fraction of sp³-hybridized carbons (Fsp3) is 0. The number of hydrogen-bond donors (Lipinski definition) is 0. The van der Waals surface area contributed by atoms with Crippen molar-refractivity contribution in [2.75, 3.05) is 0 Å². The molecule has 0 amide bonds. The van der Waals surface area contributed by atoms with Crippen LogP contribution >= 0.6 is 0 Å². The van der Waals surface area contributed by atoms with Crippen LogP contribution in [0.1, 0.15) is 0 Å². The van der Waals surface area contributed by atoms with E-state index >= 15 is 0 Å². The normalized spacial score (nSPS) is 7.20. The first-order chi connectivity index (χ1) is 1.73. The summed E-state index contributed by atoms with van der Waals surface area (Å²) in [6.45, 7) is 0. The number of halogens is 3. The van der Waals surface area contributed by atoms with E-state index in [1.165, 1.54) is 0 Å². The van der Waals surface area contributed by atoms with E-state index in [1.807, 2.05) is 0 Å². The van der Waals surface area contributed by atoms with Crippen LogP contribution in [0.2, 0.25) is 0 Å². The Morgan fingerprint density at radius 2 is 1.00 bits per heavy atom. The van der Waals surface area contributed by atoms with Gasteiger partial charge in [0.1, 0.15) is 0 Å². The van der Waals surface area contributed by atoms with E-state index in [2.05, 4.69) is 0 Å². The minimum absolute atomic E-state index is 0. The molecule has 0 aliphatic carbocycles. The first-order valence-electron chi connectivity index (χ1n) is 0.507. The Labute approximate surface area is 58.2 Å². The Bertz CT molecular complexity index is 11.6. The van der Waals surface area contributed by atoms with Gasteiger partial charge in [0.15, 0.2) is 0 Å². The third-order valence-electron chi connectivity index (χ3n) is 0. The summed E-state index contributed by atoms with van der Waals surface area (Å²) >= 11 is -5.09. The van der Waals surface area contributed by atoms with Gasteiger partial charge in [0.2, 0.25) is 0 Å². The standard InChI is InChI=1S/Bi.3FH.Pb/h;3*1H;/q+3;;;;/p-3. The number of hydrogen-bond acceptors (Lipinski definition) is 0. The van der Waals surface area contributed by atoms with Crippen LogP contribution in [0, 0.1) is 0 Å². The van der Waals surface area contributed by atoms with Gasteiger partial charge in [-0.1, -0.05) is 0 Å². The van der Waals surface area contributed by atoms with E-state index in [9.17, 15) is 7.88 Å². The zero-order valence-corrected chi connectivity index (χ0v) is 9.45. The third-order valence-corrected chi connectivity index (χ3v) is 0. The van der Waals surface area contributed by atoms with Crippen molar-refractivity contribution < 1.29 is 7.88 Å². The smallest absolute Gasteiger partial charge is 0 e. The van der Waals surface area contributed by atoms with Crippen molar-refractivity contribution >= 4 is 50.9 Å². The van der Waals surface area contributed by atoms with Crippen LogP contribution in [0.4, 0.5) is 7.88 Å². The second-order valence-corrected chi connectivity index (χ2v) is 1.68. The average molecular weight is 473 g/mol. The quantitative estimate of drug-likeness (QED) is 0.450. The molecule has 0 rings (SSSR count). The van der Waals surface area contributed by atoms with E-state index in [0.717, 1.165) is 0 Å². The fourth-order valence-corrected chi connectivity index (χ4v) is 0. The fourth-order valence-electron chi connectivity index (χ4n) is 0. The molecule has 0 spiro atoms. The summed E-state index contributed by atoms with van der Waals surface area (Å²) in [6.07, 6.45) is 0. The molecule has 0 bridgehead atoms. The van der Waals surface area contributed by atoms with E-state index in [0.29, 0.717) is 0 Å². The van der Waals surface area contributed by atoms with Crippen molar-refractivity contribution in [3.8, 4) is 0 Å². The Kier molecular flexibility index (Phi) is 10.9. The zero-order valence-electron chi connectivity index (χ0n) is 2.08. The summed E-state index contributed by atoms with van der Waals surface area (Å²) in [5.41, 5.74) is 0. The molecule has 5 heavy (non-hydrogen) atoms. The van der Waals surface area contributed by atoms with E-state index in [-0.39, 0.29) is 27.3 Å². The van der Waals surface area contributed by atoms with Crippen LogP contribution in [0.25, 0.3) is 0 Å². The van der Waals surface area contributed by atoms with Gasteiger partial charge in [-0.15, -0.1) is 0 Å². The molecule has 0 aromatic heterocycles. The topological polar surface area (TPSA) is 0 Å². The van der Waals surface area contributed by atoms with Crippen LogP contribution in [0.15, 0.2) is 0 Å². The molecule has 0 aromatic rings. The molecule has 0 N–H and O–H groups in total. The Morgan fingerprint density at radius 3 is 1.00 bits per heavy atom. The molecular weight excluding hydrogens is 473 g/mol. The van der Waals surface area contributed by atoms with Gasteiger partial charge in [-0.2, -0.15) is 0 Å². The SMILES string of the molecule is [F][Bi]([F])[F].[Pb]. The first kappa shape index (κ1) is 9.78. The predicted molar refractivity (Wildman–Crippen MR) is 14.8 cm³/mol. The van der Waals surface area contributed by atoms with E-state index < -0.39 is 23.6 Å². The van der Waals surface area contributed by atoms with Crippen molar-refractivity contribution in [3.05, 3.63) is 0 Å². The Morgan fingerprint density at radius 1 is 1.00 bits per heavy atom. The maximum Gasteiger partial charge on any atom is 0 e. The van der Waals surface area contributed by atoms with Crippen LogP contribution in [0.3, 0.4) is 0 Å². The molecular formula is BiF3Pb. The second-order valence-electron chi connectivity index (χ2n) is 0.192. The molecule has 0 atom stereocenters. The molecule has 0 aromatic carbocycles. The maximum absolute atomic E-state index is 9.87. The molecule has 30 valence electrons. The summed E-state index contributed by atoms with van der Waals surface area (Å²) in [4.78, 5) is 0. The van der Waals surface area contributed by atoms with Gasteiger partial charge in [-0.3, -0.25) is 0 Å². The van der Waals surface area contributed by atoms with Crippen LogP contribution in [-0.2, 0) is 0 Å². The maximum atomic E-state index is 9.87. The predicted octanol–water partition coefficient (Wildman–Crippen LogP) is 0.499. The second kappa shape index (κ2) is 5.60. The summed E-state index contributed by atoms with van der Waals surface area (Å²) in [5.74, 6) is 0. The van der Waals surface area contributed by atoms with Gasteiger partial charge in [0.05, 0.1) is 0 Å². The number of rotatable bonds is 0. The summed E-state index contributed by atoms with van der Waals surface area (Å²) in [6, 6.07) is 0. The minimum Gasteiger partial charge on any atom is 0 e. The third kappa shape index (κ3) is 28.4. The van der Waals surface area contributed by atoms with E-state index in [1.54, 1.807) is 0 Å². The van der Waals surface area contributed by atoms with Crippen molar-refractivity contribution in [1.82, 2.24) is 0 Å². The van der Waals surface area contributed by atoms with Crippen molar-refractivity contribution in [2.45, 2.75) is 0 Å². The minimum atomic E-state index is -5.09. The van der Waals surface area contributed by atoms with Gasteiger partial charge >= 0.3 is 31.5 Å². The summed E-state index contributed by atoms with van der Waals surface area (Å²) in [5, 5.41) is 0. The monoisotopic (exact) mass is 474 g/mol. The summed E-state index contributed by atoms with van der Waals surface area (Å²) < 4.78 is 29.6. The molecule has 5 heteroatoms. The average Bonchev–Trinajstić information content (AvgIpc) is 0.811. The van der Waals surface area contributed by atoms with Gasteiger partial charge in [-0.25, -0.2) is 0 Å². The Balaban J connectivity index is 0. The van der Waals surface area contributed by atoms with Crippen LogP contribution in [0.5, 0.6) is 0 Å². The molecule has 0 nitrogen and oxygen atoms in total. The molecule has 0 unspecified atom stereocenters. The molecule has 0 aliphatic rings. The van der Waals surface area contributed by atoms with Crippen molar-refractivity contribution in [3.63, 3.8) is 0 Å². The molecule has 0 saturated heterocycles. The van der Waals surface area contributed by atoms with Gasteiger partial charge in [0.25, 0.3) is 0 Å². The van der Waals surface area contributed by atoms with Crippen LogP contribution in [-0.4, -0.2) is 50.9 Å². The largest absolute Gasteiger partial charge is 0 e. The van der Waals surface area contributed by atoms with Crippen molar-refractivity contribution in [2.24, 2.45) is 0 Å². The van der Waals surface area contributed by atoms with Crippen molar-refractivity contribution in [1.29, 1.82) is 0 Å². The summed E-state index contributed by atoms with van der Waals surface area (Å²) in [7, 11) is 0. The zero-order chi connectivity index (χ0) is 3.58. The van der Waals surface area contributed by atoms with E-state index in [4.69, 9.17) is 0 Å². The first-order valence-corrected chi connectivity index (χ1v) is 4.45. The molecule has 0 heterocycles. The Hall–Kier alpha value is 1.60. The van der Waals surface area contributed by atoms with Gasteiger partial charge < -0.3 is 0 Å². The molecule has 0 fully saturated rings. The van der Waals surface area contributed by atoms with Gasteiger partial charge in [0, 0.05) is 27.3 Å². The van der Waals surface area contributed by atoms with Crippen LogP contribution < -0.4 is 0 Å². The molecule has 4 radical (unpaired) electrons.